The number of rotatable bonds is 15. The number of hydrogen-bond acceptors (Lipinski definition) is 9. The zero-order chi connectivity index (χ0) is 30.6. The molecule has 2 aromatic carbocycles. The van der Waals surface area contributed by atoms with Crippen molar-refractivity contribution >= 4 is 34.4 Å². The van der Waals surface area contributed by atoms with Gasteiger partial charge in [0.2, 0.25) is 11.8 Å². The van der Waals surface area contributed by atoms with Crippen molar-refractivity contribution in [2.45, 2.75) is 44.1 Å². The topological polar surface area (TPSA) is 147 Å². The second-order valence-electron chi connectivity index (χ2n) is 9.71. The molecule has 11 nitrogen and oxygen atoms in total. The lowest BCUT2D eigenvalue weighted by atomic mass is 9.87. The van der Waals surface area contributed by atoms with Crippen LogP contribution in [0.4, 0.5) is 0 Å². The monoisotopic (exact) mass is 698 g/mol. The van der Waals surface area contributed by atoms with Crippen LogP contribution in [0.3, 0.4) is 0 Å². The van der Waals surface area contributed by atoms with Crippen LogP contribution in [0.2, 0.25) is 0 Å². The Hall–Kier alpha value is -2.91. The summed E-state index contributed by atoms with van der Waals surface area (Å²) in [5.41, 5.74) is 1.88. The zero-order valence-electron chi connectivity index (χ0n) is 24.0. The van der Waals surface area contributed by atoms with Crippen molar-refractivity contribution in [1.29, 1.82) is 0 Å². The fourth-order valence-corrected chi connectivity index (χ4v) is 5.57. The number of carbonyl (C=O) groups is 2. The Morgan fingerprint density at radius 3 is 2.55 bits per heavy atom. The molecule has 0 aliphatic heterocycles. The number of carbonyl (C=O) groups excluding carboxylic acids is 2. The SMILES string of the molecule is COCCC(=O)N(CCc1cccc(OC)c1)[C@@H]1CC(C(=O)NCCO)=C[C@H](Oc2c(I)cc(CO)cc2OC)[C@H]1O. The van der Waals surface area contributed by atoms with Gasteiger partial charge in [-0.25, -0.2) is 0 Å². The van der Waals surface area contributed by atoms with Gasteiger partial charge in [-0.1, -0.05) is 12.1 Å². The molecule has 0 aromatic heterocycles. The molecular weight excluding hydrogens is 659 g/mol. The number of nitrogens with one attached hydrogen (secondary N) is 1. The van der Waals surface area contributed by atoms with Crippen molar-refractivity contribution in [1.82, 2.24) is 10.2 Å². The van der Waals surface area contributed by atoms with Crippen LogP contribution in [-0.2, 0) is 27.4 Å². The summed E-state index contributed by atoms with van der Waals surface area (Å²) in [5, 5.41) is 33.2. The van der Waals surface area contributed by atoms with Crippen molar-refractivity contribution in [3.8, 4) is 17.2 Å². The van der Waals surface area contributed by atoms with E-state index in [2.05, 4.69) is 27.9 Å². The van der Waals surface area contributed by atoms with Crippen LogP contribution in [0.15, 0.2) is 48.0 Å². The number of amides is 2. The molecule has 0 unspecified atom stereocenters. The van der Waals surface area contributed by atoms with E-state index in [0.29, 0.717) is 38.4 Å². The van der Waals surface area contributed by atoms with Gasteiger partial charge in [-0.3, -0.25) is 9.59 Å². The maximum Gasteiger partial charge on any atom is 0.247 e. The quantitative estimate of drug-likeness (QED) is 0.205. The molecule has 0 heterocycles. The minimum Gasteiger partial charge on any atom is -0.497 e. The van der Waals surface area contributed by atoms with E-state index >= 15 is 0 Å². The summed E-state index contributed by atoms with van der Waals surface area (Å²) in [6, 6.07) is 10.1. The van der Waals surface area contributed by atoms with Crippen molar-refractivity contribution in [2.24, 2.45) is 0 Å². The highest BCUT2D eigenvalue weighted by Crippen LogP contribution is 2.37. The van der Waals surface area contributed by atoms with E-state index in [9.17, 15) is 24.9 Å². The molecule has 3 rings (SSSR count). The van der Waals surface area contributed by atoms with Crippen molar-refractivity contribution in [2.75, 3.05) is 47.6 Å². The number of methoxy groups -OCH3 is 3. The lowest BCUT2D eigenvalue weighted by Crippen LogP contribution is -2.55. The minimum absolute atomic E-state index is 0.0512. The van der Waals surface area contributed by atoms with E-state index in [4.69, 9.17) is 18.9 Å². The molecule has 0 saturated carbocycles. The van der Waals surface area contributed by atoms with Crippen LogP contribution < -0.4 is 19.5 Å². The normalized spacial score (nSPS) is 18.2. The molecule has 0 fully saturated rings. The summed E-state index contributed by atoms with van der Waals surface area (Å²) in [4.78, 5) is 28.2. The summed E-state index contributed by atoms with van der Waals surface area (Å²) in [7, 11) is 4.57. The standard InChI is InChI=1S/C30H39IN2O9/c1-39-12-8-27(36)33(10-7-19-5-4-6-22(13-19)40-2)24-16-21(30(38)32-9-11-34)17-25(28(24)37)42-29-23(31)14-20(18-35)15-26(29)41-3/h4-6,13-15,17,24-25,28,34-35,37H,7-12,16,18H2,1-3H3,(H,32,38)/t24-,25+,28+/m1/s1. The maximum absolute atomic E-state index is 13.5. The third-order valence-corrected chi connectivity index (χ3v) is 7.76. The second kappa shape index (κ2) is 16.7. The molecular formula is C30H39IN2O9. The van der Waals surface area contributed by atoms with E-state index < -0.39 is 24.2 Å². The van der Waals surface area contributed by atoms with Crippen molar-refractivity contribution in [3.05, 3.63) is 62.7 Å². The van der Waals surface area contributed by atoms with E-state index in [1.165, 1.54) is 14.2 Å². The summed E-state index contributed by atoms with van der Waals surface area (Å²) in [6.45, 7) is 0.0856. The minimum atomic E-state index is -1.20. The molecule has 1 aliphatic rings. The van der Waals surface area contributed by atoms with Crippen LogP contribution in [0.1, 0.15) is 24.0 Å². The number of hydrogen-bond donors (Lipinski definition) is 4. The van der Waals surface area contributed by atoms with Crippen molar-refractivity contribution < 1.29 is 43.9 Å². The van der Waals surface area contributed by atoms with Crippen LogP contribution >= 0.6 is 22.6 Å². The highest BCUT2D eigenvalue weighted by atomic mass is 127. The number of aliphatic hydroxyl groups is 3. The van der Waals surface area contributed by atoms with E-state index in [1.807, 2.05) is 24.3 Å². The average molecular weight is 699 g/mol. The van der Waals surface area contributed by atoms with Gasteiger partial charge in [0.05, 0.1) is 50.1 Å². The number of benzene rings is 2. The Kier molecular flexibility index (Phi) is 13.3. The highest BCUT2D eigenvalue weighted by molar-refractivity contribution is 14.1. The Morgan fingerprint density at radius 1 is 1.10 bits per heavy atom. The van der Waals surface area contributed by atoms with E-state index in [1.54, 1.807) is 30.2 Å². The number of nitrogens with zero attached hydrogens (tertiary/aromatic N) is 1. The van der Waals surface area contributed by atoms with Gasteiger partial charge in [0.15, 0.2) is 11.5 Å². The fourth-order valence-electron chi connectivity index (χ4n) is 4.78. The first-order chi connectivity index (χ1) is 20.3. The molecule has 4 N–H and O–H groups in total. The molecule has 230 valence electrons. The first-order valence-corrected chi connectivity index (χ1v) is 14.7. The summed E-state index contributed by atoms with van der Waals surface area (Å²) < 4.78 is 22.9. The second-order valence-corrected chi connectivity index (χ2v) is 10.9. The van der Waals surface area contributed by atoms with Crippen LogP contribution in [-0.4, -0.2) is 97.9 Å². The van der Waals surface area contributed by atoms with Gasteiger partial charge >= 0.3 is 0 Å². The summed E-state index contributed by atoms with van der Waals surface area (Å²) in [5.74, 6) is 0.714. The molecule has 0 saturated heterocycles. The van der Waals surface area contributed by atoms with Gasteiger partial charge < -0.3 is 44.5 Å². The molecule has 42 heavy (non-hydrogen) atoms. The first-order valence-electron chi connectivity index (χ1n) is 13.6. The zero-order valence-corrected chi connectivity index (χ0v) is 26.2. The first kappa shape index (κ1) is 33.6. The van der Waals surface area contributed by atoms with Crippen LogP contribution in [0.5, 0.6) is 17.2 Å². The van der Waals surface area contributed by atoms with Gasteiger partial charge in [0.1, 0.15) is 18.0 Å². The molecule has 2 amide bonds. The van der Waals surface area contributed by atoms with Crippen LogP contribution in [0, 0.1) is 3.57 Å². The number of halogens is 1. The van der Waals surface area contributed by atoms with Crippen molar-refractivity contribution in [3.63, 3.8) is 0 Å². The van der Waals surface area contributed by atoms with E-state index in [-0.39, 0.29) is 51.7 Å². The lowest BCUT2D eigenvalue weighted by molar-refractivity contribution is -0.139. The van der Waals surface area contributed by atoms with E-state index in [0.717, 1.165) is 5.56 Å². The maximum atomic E-state index is 13.5. The predicted octanol–water partition coefficient (Wildman–Crippen LogP) is 1.82. The Bertz CT molecular complexity index is 1240. The molecule has 1 aliphatic carbocycles. The molecule has 3 atom stereocenters. The average Bonchev–Trinajstić information content (AvgIpc) is 3.00. The molecule has 12 heteroatoms. The smallest absolute Gasteiger partial charge is 0.247 e. The third kappa shape index (κ3) is 8.80. The van der Waals surface area contributed by atoms with Gasteiger partial charge in [0, 0.05) is 32.2 Å². The van der Waals surface area contributed by atoms with Gasteiger partial charge in [-0.05, 0) is 70.5 Å². The number of ether oxygens (including phenoxy) is 4. The Morgan fingerprint density at radius 2 is 1.88 bits per heavy atom. The van der Waals surface area contributed by atoms with Gasteiger partial charge in [-0.15, -0.1) is 0 Å². The number of aliphatic hydroxyl groups excluding tert-OH is 3. The molecule has 0 spiro atoms. The van der Waals surface area contributed by atoms with Gasteiger partial charge in [0.25, 0.3) is 0 Å². The lowest BCUT2D eigenvalue weighted by Gasteiger charge is -2.41. The van der Waals surface area contributed by atoms with Crippen LogP contribution in [0.25, 0.3) is 0 Å². The highest BCUT2D eigenvalue weighted by Gasteiger charge is 2.40. The Labute approximate surface area is 259 Å². The largest absolute Gasteiger partial charge is 0.497 e. The van der Waals surface area contributed by atoms with Gasteiger partial charge in [-0.2, -0.15) is 0 Å². The summed E-state index contributed by atoms with van der Waals surface area (Å²) >= 11 is 2.05. The fraction of sp³-hybridized carbons (Fsp3) is 0.467. The third-order valence-electron chi connectivity index (χ3n) is 6.96. The molecule has 0 radical (unpaired) electrons. The molecule has 0 bridgehead atoms. The summed E-state index contributed by atoms with van der Waals surface area (Å²) in [6.07, 6.45) is -0.0251. The predicted molar refractivity (Wildman–Crippen MR) is 164 cm³/mol. The Balaban J connectivity index is 1.99. The molecule has 2 aromatic rings.